The van der Waals surface area contributed by atoms with Crippen LogP contribution in [-0.4, -0.2) is 18.4 Å². The second-order valence-electron chi connectivity index (χ2n) is 6.35. The molecule has 2 aromatic rings. The lowest BCUT2D eigenvalue weighted by Gasteiger charge is -2.17. The third-order valence-corrected chi connectivity index (χ3v) is 4.94. The number of benzene rings is 2. The fourth-order valence-corrected chi connectivity index (χ4v) is 3.33. The molecule has 0 spiro atoms. The number of nitrogens with zero attached hydrogens (tertiary/aromatic N) is 1. The van der Waals surface area contributed by atoms with Crippen LogP contribution in [0.2, 0.25) is 5.02 Å². The molecule has 1 fully saturated rings. The average Bonchev–Trinajstić information content (AvgIpc) is 3.00. The molecular formula is C20H21ClN2O2. The molecule has 3 rings (SSSR count). The van der Waals surface area contributed by atoms with E-state index in [1.54, 1.807) is 11.0 Å². The van der Waals surface area contributed by atoms with Crippen molar-refractivity contribution in [3.63, 3.8) is 0 Å². The normalized spacial score (nSPS) is 17.0. The smallest absolute Gasteiger partial charge is 0.229 e. The molecule has 2 aromatic carbocycles. The maximum Gasteiger partial charge on any atom is 0.229 e. The molecule has 1 atom stereocenters. The van der Waals surface area contributed by atoms with Gasteiger partial charge in [-0.25, -0.2) is 0 Å². The molecule has 5 heteroatoms. The quantitative estimate of drug-likeness (QED) is 0.892. The maximum absolute atomic E-state index is 12.6. The zero-order valence-electron chi connectivity index (χ0n) is 14.4. The fourth-order valence-electron chi connectivity index (χ4n) is 3.06. The van der Waals surface area contributed by atoms with E-state index in [4.69, 9.17) is 11.6 Å². The number of para-hydroxylation sites is 1. The van der Waals surface area contributed by atoms with Crippen LogP contribution in [0.4, 0.5) is 11.4 Å². The molecular weight excluding hydrogens is 336 g/mol. The summed E-state index contributed by atoms with van der Waals surface area (Å²) in [7, 11) is 0. The SMILES string of the molecule is CCc1ccc(N2C[C@H](C(=O)Nc3c(C)cccc3Cl)CC2=O)cc1. The van der Waals surface area contributed by atoms with Crippen LogP contribution < -0.4 is 10.2 Å². The maximum atomic E-state index is 12.6. The van der Waals surface area contributed by atoms with Crippen molar-refractivity contribution in [1.29, 1.82) is 0 Å². The van der Waals surface area contributed by atoms with E-state index in [1.165, 1.54) is 5.56 Å². The van der Waals surface area contributed by atoms with Gasteiger partial charge in [-0.2, -0.15) is 0 Å². The van der Waals surface area contributed by atoms with Gasteiger partial charge in [0.15, 0.2) is 0 Å². The molecule has 0 saturated carbocycles. The zero-order valence-corrected chi connectivity index (χ0v) is 15.1. The van der Waals surface area contributed by atoms with E-state index >= 15 is 0 Å². The topological polar surface area (TPSA) is 49.4 Å². The van der Waals surface area contributed by atoms with E-state index in [9.17, 15) is 9.59 Å². The molecule has 1 aliphatic rings. The Kier molecular flexibility index (Phi) is 5.09. The van der Waals surface area contributed by atoms with Gasteiger partial charge in [-0.15, -0.1) is 0 Å². The number of amides is 2. The molecule has 130 valence electrons. The van der Waals surface area contributed by atoms with E-state index in [1.807, 2.05) is 43.3 Å². The summed E-state index contributed by atoms with van der Waals surface area (Å²) in [6, 6.07) is 13.4. The summed E-state index contributed by atoms with van der Waals surface area (Å²) in [5.74, 6) is -0.577. The molecule has 0 unspecified atom stereocenters. The Morgan fingerprint density at radius 3 is 2.60 bits per heavy atom. The summed E-state index contributed by atoms with van der Waals surface area (Å²) in [6.07, 6.45) is 1.17. The number of aryl methyl sites for hydroxylation is 2. The highest BCUT2D eigenvalue weighted by Gasteiger charge is 2.35. The van der Waals surface area contributed by atoms with Crippen molar-refractivity contribution in [2.45, 2.75) is 26.7 Å². The molecule has 1 saturated heterocycles. The van der Waals surface area contributed by atoms with Crippen molar-refractivity contribution in [2.24, 2.45) is 5.92 Å². The van der Waals surface area contributed by atoms with Crippen LogP contribution in [-0.2, 0) is 16.0 Å². The first-order chi connectivity index (χ1) is 12.0. The first-order valence-electron chi connectivity index (χ1n) is 8.45. The van der Waals surface area contributed by atoms with E-state index in [0.29, 0.717) is 17.3 Å². The molecule has 1 heterocycles. The van der Waals surface area contributed by atoms with Crippen LogP contribution in [0, 0.1) is 12.8 Å². The number of anilines is 2. The van der Waals surface area contributed by atoms with Gasteiger partial charge in [-0.1, -0.05) is 42.8 Å². The largest absolute Gasteiger partial charge is 0.324 e. The first-order valence-corrected chi connectivity index (χ1v) is 8.82. The molecule has 1 aliphatic heterocycles. The summed E-state index contributed by atoms with van der Waals surface area (Å²) in [5, 5.41) is 3.39. The molecule has 0 bridgehead atoms. The van der Waals surface area contributed by atoms with Gasteiger partial charge in [0, 0.05) is 18.7 Å². The van der Waals surface area contributed by atoms with E-state index in [0.717, 1.165) is 17.7 Å². The Hall–Kier alpha value is -2.33. The first kappa shape index (κ1) is 17.5. The molecule has 0 radical (unpaired) electrons. The molecule has 4 nitrogen and oxygen atoms in total. The summed E-state index contributed by atoms with van der Waals surface area (Å²) in [5.41, 5.74) is 3.58. The highest BCUT2D eigenvalue weighted by molar-refractivity contribution is 6.34. The Labute approximate surface area is 152 Å². The second kappa shape index (κ2) is 7.28. The van der Waals surface area contributed by atoms with E-state index in [-0.39, 0.29) is 24.2 Å². The van der Waals surface area contributed by atoms with Crippen LogP contribution in [0.5, 0.6) is 0 Å². The summed E-state index contributed by atoms with van der Waals surface area (Å²) in [4.78, 5) is 26.6. The predicted molar refractivity (Wildman–Crippen MR) is 101 cm³/mol. The monoisotopic (exact) mass is 356 g/mol. The molecule has 2 amide bonds. The number of hydrogen-bond acceptors (Lipinski definition) is 2. The summed E-state index contributed by atoms with van der Waals surface area (Å²) in [6.45, 7) is 4.37. The molecule has 25 heavy (non-hydrogen) atoms. The predicted octanol–water partition coefficient (Wildman–Crippen LogP) is 4.20. The lowest BCUT2D eigenvalue weighted by atomic mass is 10.1. The van der Waals surface area contributed by atoms with Crippen molar-refractivity contribution in [3.8, 4) is 0 Å². The van der Waals surface area contributed by atoms with Crippen molar-refractivity contribution >= 4 is 34.8 Å². The van der Waals surface area contributed by atoms with Crippen molar-refractivity contribution < 1.29 is 9.59 Å². The molecule has 1 N–H and O–H groups in total. The summed E-state index contributed by atoms with van der Waals surface area (Å²) < 4.78 is 0. The highest BCUT2D eigenvalue weighted by atomic mass is 35.5. The Morgan fingerprint density at radius 1 is 1.24 bits per heavy atom. The fraction of sp³-hybridized carbons (Fsp3) is 0.300. The minimum Gasteiger partial charge on any atom is -0.324 e. The number of halogens is 1. The van der Waals surface area contributed by atoms with Crippen LogP contribution in [0.3, 0.4) is 0 Å². The Bertz CT molecular complexity index is 782. The number of carbonyl (C=O) groups is 2. The van der Waals surface area contributed by atoms with Gasteiger partial charge >= 0.3 is 0 Å². The second-order valence-corrected chi connectivity index (χ2v) is 6.75. The number of carbonyl (C=O) groups excluding carboxylic acids is 2. The van der Waals surface area contributed by atoms with Gasteiger partial charge in [0.25, 0.3) is 0 Å². The highest BCUT2D eigenvalue weighted by Crippen LogP contribution is 2.29. The third kappa shape index (κ3) is 3.69. The van der Waals surface area contributed by atoms with Gasteiger partial charge in [-0.3, -0.25) is 9.59 Å². The van der Waals surface area contributed by atoms with Gasteiger partial charge in [0.05, 0.1) is 16.6 Å². The third-order valence-electron chi connectivity index (χ3n) is 4.62. The van der Waals surface area contributed by atoms with Crippen molar-refractivity contribution in [3.05, 3.63) is 58.6 Å². The van der Waals surface area contributed by atoms with Crippen molar-refractivity contribution in [2.75, 3.05) is 16.8 Å². The van der Waals surface area contributed by atoms with Gasteiger partial charge in [0.1, 0.15) is 0 Å². The van der Waals surface area contributed by atoms with Gasteiger partial charge < -0.3 is 10.2 Å². The Balaban J connectivity index is 1.72. The standard InChI is InChI=1S/C20H21ClN2O2/c1-3-14-7-9-16(10-8-14)23-12-15(11-18(23)24)20(25)22-19-13(2)5-4-6-17(19)21/h4-10,15H,3,11-12H2,1-2H3,(H,22,25)/t15-/m1/s1. The summed E-state index contributed by atoms with van der Waals surface area (Å²) >= 11 is 6.17. The molecule has 0 aliphatic carbocycles. The van der Waals surface area contributed by atoms with Crippen LogP contribution >= 0.6 is 11.6 Å². The zero-order chi connectivity index (χ0) is 18.0. The van der Waals surface area contributed by atoms with Crippen LogP contribution in [0.15, 0.2) is 42.5 Å². The number of hydrogen-bond donors (Lipinski definition) is 1. The lowest BCUT2D eigenvalue weighted by molar-refractivity contribution is -0.122. The number of rotatable bonds is 4. The molecule has 0 aromatic heterocycles. The average molecular weight is 357 g/mol. The van der Waals surface area contributed by atoms with E-state index < -0.39 is 0 Å². The minimum absolute atomic E-state index is 0.0275. The van der Waals surface area contributed by atoms with Gasteiger partial charge in [0.2, 0.25) is 11.8 Å². The Morgan fingerprint density at radius 2 is 1.96 bits per heavy atom. The van der Waals surface area contributed by atoms with Gasteiger partial charge in [-0.05, 0) is 42.7 Å². The lowest BCUT2D eigenvalue weighted by Crippen LogP contribution is -2.28. The van der Waals surface area contributed by atoms with Crippen molar-refractivity contribution in [1.82, 2.24) is 0 Å². The minimum atomic E-state index is -0.381. The number of nitrogens with one attached hydrogen (secondary N) is 1. The van der Waals surface area contributed by atoms with Crippen LogP contribution in [0.1, 0.15) is 24.5 Å². The van der Waals surface area contributed by atoms with Crippen LogP contribution in [0.25, 0.3) is 0 Å². The van der Waals surface area contributed by atoms with E-state index in [2.05, 4.69) is 12.2 Å².